The van der Waals surface area contributed by atoms with Crippen molar-refractivity contribution >= 4 is 5.91 Å². The van der Waals surface area contributed by atoms with E-state index in [0.717, 1.165) is 25.0 Å². The summed E-state index contributed by atoms with van der Waals surface area (Å²) in [4.78, 5) is 21.9. The smallest absolute Gasteiger partial charge is 0.274 e. The van der Waals surface area contributed by atoms with Crippen molar-refractivity contribution in [2.24, 2.45) is 0 Å². The predicted molar refractivity (Wildman–Crippen MR) is 69.3 cm³/mol. The van der Waals surface area contributed by atoms with Crippen LogP contribution in [0.3, 0.4) is 0 Å². The summed E-state index contributed by atoms with van der Waals surface area (Å²) in [6.45, 7) is 4.91. The van der Waals surface area contributed by atoms with Crippen molar-refractivity contribution in [2.75, 3.05) is 19.7 Å². The van der Waals surface area contributed by atoms with Gasteiger partial charge in [-0.05, 0) is 13.3 Å². The summed E-state index contributed by atoms with van der Waals surface area (Å²) in [6, 6.07) is 0. The molecule has 0 saturated heterocycles. The zero-order valence-corrected chi connectivity index (χ0v) is 11.1. The number of rotatable bonds is 7. The summed E-state index contributed by atoms with van der Waals surface area (Å²) < 4.78 is 0. The number of carbonyl (C=O) groups is 1. The summed E-state index contributed by atoms with van der Waals surface area (Å²) in [5.74, 6) is -0.160. The van der Waals surface area contributed by atoms with Gasteiger partial charge in [0.1, 0.15) is 5.69 Å². The first-order valence-corrected chi connectivity index (χ1v) is 6.37. The van der Waals surface area contributed by atoms with E-state index in [1.54, 1.807) is 11.1 Å². The Morgan fingerprint density at radius 3 is 2.61 bits per heavy atom. The summed E-state index contributed by atoms with van der Waals surface area (Å²) >= 11 is 0. The van der Waals surface area contributed by atoms with Gasteiger partial charge in [-0.15, -0.1) is 0 Å². The molecule has 0 radical (unpaired) electrons. The van der Waals surface area contributed by atoms with E-state index >= 15 is 0 Å². The maximum Gasteiger partial charge on any atom is 0.274 e. The van der Waals surface area contributed by atoms with Crippen molar-refractivity contribution in [3.63, 3.8) is 0 Å². The number of carbonyl (C=O) groups excluding carboxylic acids is 1. The van der Waals surface area contributed by atoms with E-state index in [2.05, 4.69) is 16.9 Å². The molecule has 0 aromatic carbocycles. The summed E-state index contributed by atoms with van der Waals surface area (Å²) in [5.41, 5.74) is 1.12. The second kappa shape index (κ2) is 7.76. The number of hydrogen-bond acceptors (Lipinski definition) is 4. The number of aliphatic hydroxyl groups excluding tert-OH is 1. The minimum Gasteiger partial charge on any atom is -0.395 e. The van der Waals surface area contributed by atoms with E-state index in [0.29, 0.717) is 18.8 Å². The van der Waals surface area contributed by atoms with Crippen LogP contribution in [0, 0.1) is 6.92 Å². The topological polar surface area (TPSA) is 66.3 Å². The van der Waals surface area contributed by atoms with Gasteiger partial charge < -0.3 is 10.0 Å². The quantitative estimate of drug-likeness (QED) is 0.744. The second-order valence-electron chi connectivity index (χ2n) is 4.27. The molecule has 0 aliphatic heterocycles. The summed E-state index contributed by atoms with van der Waals surface area (Å²) in [7, 11) is 0. The fourth-order valence-corrected chi connectivity index (χ4v) is 1.65. The third-order valence-electron chi connectivity index (χ3n) is 2.69. The number of aromatic nitrogens is 2. The third-order valence-corrected chi connectivity index (χ3v) is 2.69. The Morgan fingerprint density at radius 2 is 2.06 bits per heavy atom. The third kappa shape index (κ3) is 4.41. The number of hydrogen-bond donors (Lipinski definition) is 1. The molecule has 1 aromatic heterocycles. The molecule has 0 fully saturated rings. The molecule has 1 heterocycles. The highest BCUT2D eigenvalue weighted by atomic mass is 16.3. The van der Waals surface area contributed by atoms with Crippen molar-refractivity contribution in [3.8, 4) is 0 Å². The molecular formula is C13H21N3O2. The number of unbranched alkanes of at least 4 members (excludes halogenated alkanes) is 2. The molecule has 1 aromatic rings. The van der Waals surface area contributed by atoms with Crippen molar-refractivity contribution in [1.82, 2.24) is 14.9 Å². The number of aliphatic hydroxyl groups is 1. The zero-order chi connectivity index (χ0) is 13.4. The Labute approximate surface area is 108 Å². The molecule has 1 N–H and O–H groups in total. The standard InChI is InChI=1S/C13H21N3O2/c1-3-4-5-6-16(7-8-17)13(18)12-10-14-11(2)9-15-12/h9-10,17H,3-8H2,1-2H3. The molecule has 0 saturated carbocycles. The largest absolute Gasteiger partial charge is 0.395 e. The van der Waals surface area contributed by atoms with E-state index in [9.17, 15) is 4.79 Å². The van der Waals surface area contributed by atoms with Crippen LogP contribution in [0.2, 0.25) is 0 Å². The average molecular weight is 251 g/mol. The van der Waals surface area contributed by atoms with Crippen LogP contribution in [0.5, 0.6) is 0 Å². The van der Waals surface area contributed by atoms with Gasteiger partial charge in [-0.1, -0.05) is 19.8 Å². The van der Waals surface area contributed by atoms with Crippen LogP contribution in [-0.4, -0.2) is 45.6 Å². The van der Waals surface area contributed by atoms with Gasteiger partial charge in [0.05, 0.1) is 18.5 Å². The highest BCUT2D eigenvalue weighted by molar-refractivity contribution is 5.91. The SMILES string of the molecule is CCCCCN(CCO)C(=O)c1cnc(C)cn1. The van der Waals surface area contributed by atoms with E-state index < -0.39 is 0 Å². The molecule has 0 spiro atoms. The van der Waals surface area contributed by atoms with E-state index in [1.807, 2.05) is 6.92 Å². The Hall–Kier alpha value is -1.49. The van der Waals surface area contributed by atoms with Crippen molar-refractivity contribution in [3.05, 3.63) is 23.8 Å². The Morgan fingerprint density at radius 1 is 1.28 bits per heavy atom. The number of amides is 1. The first-order chi connectivity index (χ1) is 8.69. The van der Waals surface area contributed by atoms with Crippen molar-refractivity contribution in [2.45, 2.75) is 33.1 Å². The molecule has 5 heteroatoms. The fraction of sp³-hybridized carbons (Fsp3) is 0.615. The molecular weight excluding hydrogens is 230 g/mol. The average Bonchev–Trinajstić information content (AvgIpc) is 2.38. The van der Waals surface area contributed by atoms with Crippen LogP contribution in [0.4, 0.5) is 0 Å². The van der Waals surface area contributed by atoms with Gasteiger partial charge in [0.15, 0.2) is 0 Å². The molecule has 0 aliphatic rings. The molecule has 0 aliphatic carbocycles. The van der Waals surface area contributed by atoms with E-state index in [1.165, 1.54) is 6.20 Å². The highest BCUT2D eigenvalue weighted by Crippen LogP contribution is 2.04. The zero-order valence-electron chi connectivity index (χ0n) is 11.1. The van der Waals surface area contributed by atoms with Gasteiger partial charge in [-0.2, -0.15) is 0 Å². The number of aryl methyl sites for hydroxylation is 1. The summed E-state index contributed by atoms with van der Waals surface area (Å²) in [6.07, 6.45) is 6.19. The lowest BCUT2D eigenvalue weighted by atomic mass is 10.2. The van der Waals surface area contributed by atoms with Crippen molar-refractivity contribution < 1.29 is 9.90 Å². The maximum atomic E-state index is 12.2. The van der Waals surface area contributed by atoms with Gasteiger partial charge in [0, 0.05) is 19.3 Å². The minimum absolute atomic E-state index is 0.0306. The van der Waals surface area contributed by atoms with Gasteiger partial charge >= 0.3 is 0 Å². The van der Waals surface area contributed by atoms with Crippen LogP contribution in [-0.2, 0) is 0 Å². The first-order valence-electron chi connectivity index (χ1n) is 6.37. The Balaban J connectivity index is 2.66. The minimum atomic E-state index is -0.160. The molecule has 0 unspecified atom stereocenters. The fourth-order valence-electron chi connectivity index (χ4n) is 1.65. The van der Waals surface area contributed by atoms with Crippen LogP contribution in [0.15, 0.2) is 12.4 Å². The van der Waals surface area contributed by atoms with Gasteiger partial charge in [-0.25, -0.2) is 4.98 Å². The predicted octanol–water partition coefficient (Wildman–Crippen LogP) is 1.41. The monoisotopic (exact) mass is 251 g/mol. The van der Waals surface area contributed by atoms with Crippen molar-refractivity contribution in [1.29, 1.82) is 0 Å². The molecule has 100 valence electrons. The van der Waals surface area contributed by atoms with Crippen LogP contribution >= 0.6 is 0 Å². The van der Waals surface area contributed by atoms with Gasteiger partial charge in [0.2, 0.25) is 0 Å². The van der Waals surface area contributed by atoms with Crippen LogP contribution in [0.25, 0.3) is 0 Å². The van der Waals surface area contributed by atoms with Gasteiger partial charge in [0.25, 0.3) is 5.91 Å². The lowest BCUT2D eigenvalue weighted by Gasteiger charge is -2.21. The van der Waals surface area contributed by atoms with E-state index in [-0.39, 0.29) is 12.5 Å². The van der Waals surface area contributed by atoms with Gasteiger partial charge in [-0.3, -0.25) is 9.78 Å². The normalized spacial score (nSPS) is 10.4. The second-order valence-corrected chi connectivity index (χ2v) is 4.27. The summed E-state index contributed by atoms with van der Waals surface area (Å²) in [5, 5.41) is 9.00. The lowest BCUT2D eigenvalue weighted by Crippen LogP contribution is -2.35. The molecule has 1 amide bonds. The highest BCUT2D eigenvalue weighted by Gasteiger charge is 2.16. The molecule has 18 heavy (non-hydrogen) atoms. The molecule has 1 rings (SSSR count). The molecule has 5 nitrogen and oxygen atoms in total. The maximum absolute atomic E-state index is 12.2. The first kappa shape index (κ1) is 14.6. The van der Waals surface area contributed by atoms with Crippen LogP contribution < -0.4 is 0 Å². The molecule has 0 atom stereocenters. The molecule has 0 bridgehead atoms. The Bertz CT molecular complexity index is 365. The Kier molecular flexibility index (Phi) is 6.28. The van der Waals surface area contributed by atoms with E-state index in [4.69, 9.17) is 5.11 Å². The lowest BCUT2D eigenvalue weighted by molar-refractivity contribution is 0.0712. The van der Waals surface area contributed by atoms with Crippen LogP contribution in [0.1, 0.15) is 42.4 Å². The number of nitrogens with zero attached hydrogens (tertiary/aromatic N) is 3.